The van der Waals surface area contributed by atoms with Gasteiger partial charge in [0.15, 0.2) is 12.4 Å². The number of aliphatic carboxylic acids is 1. The number of carboxylic acids is 1. The zero-order valence-corrected chi connectivity index (χ0v) is 11.2. The molecule has 0 aliphatic heterocycles. The highest BCUT2D eigenvalue weighted by atomic mass is 16.5. The highest BCUT2D eigenvalue weighted by molar-refractivity contribution is 5.70. The van der Waals surface area contributed by atoms with Crippen LogP contribution in [0.4, 0.5) is 0 Å². The van der Waals surface area contributed by atoms with Crippen LogP contribution >= 0.6 is 0 Å². The van der Waals surface area contributed by atoms with E-state index in [1.165, 1.54) is 0 Å². The topological polar surface area (TPSA) is 85.5 Å². The number of hydrogen-bond donors (Lipinski definition) is 1. The minimum absolute atomic E-state index is 0.00428. The summed E-state index contributed by atoms with van der Waals surface area (Å²) < 4.78 is 10.6. The predicted molar refractivity (Wildman–Crippen MR) is 70.4 cm³/mol. The van der Waals surface area contributed by atoms with E-state index in [0.29, 0.717) is 17.5 Å². The summed E-state index contributed by atoms with van der Waals surface area (Å²) in [5.74, 6) is 0.897. The van der Waals surface area contributed by atoms with Crippen molar-refractivity contribution in [1.29, 1.82) is 0 Å². The minimum atomic E-state index is -0.854. The van der Waals surface area contributed by atoms with Crippen LogP contribution in [0.25, 0.3) is 0 Å². The van der Waals surface area contributed by atoms with Crippen LogP contribution < -0.4 is 4.74 Å². The van der Waals surface area contributed by atoms with E-state index in [-0.39, 0.29) is 13.0 Å². The van der Waals surface area contributed by atoms with Crippen LogP contribution in [0.1, 0.15) is 30.6 Å². The van der Waals surface area contributed by atoms with Crippen LogP contribution in [0.5, 0.6) is 5.75 Å². The number of aromatic nitrogens is 2. The normalized spacial score (nSPS) is 10.4. The van der Waals surface area contributed by atoms with Gasteiger partial charge in [-0.1, -0.05) is 24.2 Å². The van der Waals surface area contributed by atoms with Gasteiger partial charge in [0.1, 0.15) is 5.75 Å². The van der Waals surface area contributed by atoms with Gasteiger partial charge in [0.2, 0.25) is 0 Å². The van der Waals surface area contributed by atoms with Crippen LogP contribution in [0.2, 0.25) is 0 Å². The Kier molecular flexibility index (Phi) is 4.70. The second-order valence-corrected chi connectivity index (χ2v) is 4.36. The van der Waals surface area contributed by atoms with Gasteiger partial charge in [0, 0.05) is 6.42 Å². The van der Waals surface area contributed by atoms with E-state index in [0.717, 1.165) is 18.4 Å². The predicted octanol–water partition coefficient (Wildman–Crippen LogP) is 2.23. The molecule has 0 unspecified atom stereocenters. The third-order valence-corrected chi connectivity index (χ3v) is 2.62. The first kappa shape index (κ1) is 14.0. The van der Waals surface area contributed by atoms with E-state index in [1.54, 1.807) is 24.3 Å². The molecule has 0 aliphatic carbocycles. The molecule has 1 N–H and O–H groups in total. The van der Waals surface area contributed by atoms with E-state index in [2.05, 4.69) is 10.1 Å². The quantitative estimate of drug-likeness (QED) is 0.834. The number of hydrogen-bond acceptors (Lipinski definition) is 5. The molecule has 2 aromatic rings. The van der Waals surface area contributed by atoms with Gasteiger partial charge in [0.05, 0.1) is 6.42 Å². The second kappa shape index (κ2) is 6.70. The Morgan fingerprint density at radius 3 is 2.75 bits per heavy atom. The molecule has 0 radical (unpaired) electrons. The molecular formula is C14H16N2O4. The second-order valence-electron chi connectivity index (χ2n) is 4.36. The van der Waals surface area contributed by atoms with Crippen molar-refractivity contribution in [2.45, 2.75) is 32.8 Å². The van der Waals surface area contributed by atoms with Crippen molar-refractivity contribution < 1.29 is 19.2 Å². The van der Waals surface area contributed by atoms with Crippen LogP contribution in [0, 0.1) is 0 Å². The third-order valence-electron chi connectivity index (χ3n) is 2.62. The lowest BCUT2D eigenvalue weighted by Crippen LogP contribution is -2.00. The lowest BCUT2D eigenvalue weighted by molar-refractivity contribution is -0.136. The summed E-state index contributed by atoms with van der Waals surface area (Å²) >= 11 is 0. The zero-order chi connectivity index (χ0) is 14.4. The summed E-state index contributed by atoms with van der Waals surface area (Å²) in [5.41, 5.74) is 0.730. The summed E-state index contributed by atoms with van der Waals surface area (Å²) in [6.07, 6.45) is 1.75. The Morgan fingerprint density at radius 2 is 2.10 bits per heavy atom. The first-order valence-corrected chi connectivity index (χ1v) is 6.42. The molecule has 1 aromatic heterocycles. The van der Waals surface area contributed by atoms with Crippen molar-refractivity contribution in [1.82, 2.24) is 10.1 Å². The Hall–Kier alpha value is -2.37. The molecule has 0 atom stereocenters. The van der Waals surface area contributed by atoms with Crippen LogP contribution in [-0.2, 0) is 24.2 Å². The molecular weight excluding hydrogens is 260 g/mol. The van der Waals surface area contributed by atoms with Crippen LogP contribution in [-0.4, -0.2) is 21.2 Å². The van der Waals surface area contributed by atoms with Gasteiger partial charge in [-0.2, -0.15) is 4.98 Å². The summed E-state index contributed by atoms with van der Waals surface area (Å²) in [6, 6.07) is 6.89. The lowest BCUT2D eigenvalue weighted by Gasteiger charge is -2.03. The summed E-state index contributed by atoms with van der Waals surface area (Å²) in [4.78, 5) is 14.8. The average molecular weight is 276 g/mol. The largest absolute Gasteiger partial charge is 0.484 e. The summed E-state index contributed by atoms with van der Waals surface area (Å²) in [7, 11) is 0. The molecule has 0 spiro atoms. The van der Waals surface area contributed by atoms with E-state index in [9.17, 15) is 4.79 Å². The van der Waals surface area contributed by atoms with Crippen molar-refractivity contribution >= 4 is 5.97 Å². The van der Waals surface area contributed by atoms with E-state index < -0.39 is 5.97 Å². The fraction of sp³-hybridized carbons (Fsp3) is 0.357. The monoisotopic (exact) mass is 276 g/mol. The number of nitrogens with zero attached hydrogens (tertiary/aromatic N) is 2. The van der Waals surface area contributed by atoms with Gasteiger partial charge < -0.3 is 14.4 Å². The lowest BCUT2D eigenvalue weighted by atomic mass is 10.1. The van der Waals surface area contributed by atoms with E-state index in [4.69, 9.17) is 14.4 Å². The molecule has 6 nitrogen and oxygen atoms in total. The molecule has 6 heteroatoms. The molecule has 0 aliphatic rings. The van der Waals surface area contributed by atoms with Gasteiger partial charge in [-0.3, -0.25) is 4.79 Å². The smallest absolute Gasteiger partial charge is 0.307 e. The Balaban J connectivity index is 1.88. The number of benzene rings is 1. The Bertz CT molecular complexity index is 563. The van der Waals surface area contributed by atoms with Crippen LogP contribution in [0.15, 0.2) is 28.8 Å². The number of carbonyl (C=O) groups is 1. The molecule has 20 heavy (non-hydrogen) atoms. The summed E-state index contributed by atoms with van der Waals surface area (Å²) in [6.45, 7) is 2.25. The van der Waals surface area contributed by atoms with Crippen molar-refractivity contribution in [3.05, 3.63) is 41.5 Å². The zero-order valence-electron chi connectivity index (χ0n) is 11.2. The molecule has 0 fully saturated rings. The third kappa shape index (κ3) is 4.08. The van der Waals surface area contributed by atoms with Crippen molar-refractivity contribution in [3.8, 4) is 5.75 Å². The van der Waals surface area contributed by atoms with Gasteiger partial charge in [-0.05, 0) is 24.1 Å². The van der Waals surface area contributed by atoms with E-state index >= 15 is 0 Å². The minimum Gasteiger partial charge on any atom is -0.484 e. The SMILES string of the molecule is CCCc1noc(COc2ccc(CC(=O)O)cc2)n1. The Morgan fingerprint density at radius 1 is 1.35 bits per heavy atom. The first-order chi connectivity index (χ1) is 9.67. The molecule has 106 valence electrons. The summed E-state index contributed by atoms with van der Waals surface area (Å²) in [5, 5.41) is 12.5. The first-order valence-electron chi connectivity index (χ1n) is 6.42. The van der Waals surface area contributed by atoms with Crippen molar-refractivity contribution in [2.24, 2.45) is 0 Å². The van der Waals surface area contributed by atoms with Gasteiger partial charge in [-0.15, -0.1) is 0 Å². The van der Waals surface area contributed by atoms with E-state index in [1.807, 2.05) is 6.92 Å². The number of carboxylic acid groups (broad SMARTS) is 1. The fourth-order valence-electron chi connectivity index (χ4n) is 1.70. The molecule has 0 bridgehead atoms. The maximum atomic E-state index is 10.6. The maximum absolute atomic E-state index is 10.6. The molecule has 0 saturated carbocycles. The number of rotatable bonds is 7. The fourth-order valence-corrected chi connectivity index (χ4v) is 1.70. The number of ether oxygens (including phenoxy) is 1. The molecule has 0 amide bonds. The molecule has 0 saturated heterocycles. The van der Waals surface area contributed by atoms with Crippen molar-refractivity contribution in [3.63, 3.8) is 0 Å². The molecule has 2 rings (SSSR count). The Labute approximate surface area is 116 Å². The van der Waals surface area contributed by atoms with Gasteiger partial charge in [-0.25, -0.2) is 0 Å². The van der Waals surface area contributed by atoms with Crippen molar-refractivity contribution in [2.75, 3.05) is 0 Å². The highest BCUT2D eigenvalue weighted by Crippen LogP contribution is 2.14. The standard InChI is InChI=1S/C14H16N2O4/c1-2-3-12-15-13(20-16-12)9-19-11-6-4-10(5-7-11)8-14(17)18/h4-7H,2-3,8-9H2,1H3,(H,17,18). The molecule has 1 aromatic carbocycles. The average Bonchev–Trinajstić information content (AvgIpc) is 2.86. The number of aryl methyl sites for hydroxylation is 1. The maximum Gasteiger partial charge on any atom is 0.307 e. The highest BCUT2D eigenvalue weighted by Gasteiger charge is 2.06. The molecule has 1 heterocycles. The van der Waals surface area contributed by atoms with Crippen LogP contribution in [0.3, 0.4) is 0 Å². The van der Waals surface area contributed by atoms with Gasteiger partial charge in [0.25, 0.3) is 5.89 Å². The van der Waals surface area contributed by atoms with Gasteiger partial charge >= 0.3 is 5.97 Å².